The molecule has 1 aliphatic carbocycles. The average Bonchev–Trinajstić information content (AvgIpc) is 2.73. The summed E-state index contributed by atoms with van der Waals surface area (Å²) >= 11 is 0. The number of hydroxylamine groups is 2. The average molecular weight is 275 g/mol. The Hall–Kier alpha value is -1.88. The van der Waals surface area contributed by atoms with Gasteiger partial charge in [0.15, 0.2) is 0 Å². The fourth-order valence-corrected chi connectivity index (χ4v) is 3.51. The highest BCUT2D eigenvalue weighted by molar-refractivity contribution is 5.89. The minimum Gasteiger partial charge on any atom is -0.481 e. The molecule has 1 saturated heterocycles. The molecule has 20 heavy (non-hydrogen) atoms. The van der Waals surface area contributed by atoms with E-state index in [1.165, 1.54) is 5.06 Å². The Kier molecular flexibility index (Phi) is 3.01. The van der Waals surface area contributed by atoms with Gasteiger partial charge in [-0.1, -0.05) is 25.1 Å². The maximum absolute atomic E-state index is 12.0. The molecule has 1 N–H and O–H groups in total. The van der Waals surface area contributed by atoms with Gasteiger partial charge < -0.3 is 9.94 Å². The largest absolute Gasteiger partial charge is 0.481 e. The van der Waals surface area contributed by atoms with Crippen LogP contribution in [0.5, 0.6) is 0 Å². The van der Waals surface area contributed by atoms with Gasteiger partial charge in [0.05, 0.1) is 17.5 Å². The van der Waals surface area contributed by atoms with Gasteiger partial charge in [-0.2, -0.15) is 0 Å². The van der Waals surface area contributed by atoms with E-state index in [4.69, 9.17) is 4.84 Å². The smallest absolute Gasteiger partial charge is 0.357 e. The van der Waals surface area contributed by atoms with Gasteiger partial charge in [-0.15, -0.1) is 5.06 Å². The summed E-state index contributed by atoms with van der Waals surface area (Å²) < 4.78 is 0. The second kappa shape index (κ2) is 4.59. The summed E-state index contributed by atoms with van der Waals surface area (Å²) in [5.41, 5.74) is -0.250. The fourth-order valence-electron chi connectivity index (χ4n) is 3.51. The van der Waals surface area contributed by atoms with Gasteiger partial charge in [0.2, 0.25) is 0 Å². The molecular weight excluding hydrogens is 258 g/mol. The monoisotopic (exact) mass is 275 g/mol. The van der Waals surface area contributed by atoms with Crippen LogP contribution in [-0.2, 0) is 9.63 Å². The van der Waals surface area contributed by atoms with Gasteiger partial charge in [-0.3, -0.25) is 4.79 Å². The first-order valence-electron chi connectivity index (χ1n) is 6.78. The normalized spacial score (nSPS) is 32.2. The highest BCUT2D eigenvalue weighted by Gasteiger charge is 2.63. The summed E-state index contributed by atoms with van der Waals surface area (Å²) in [4.78, 5) is 28.8. The van der Waals surface area contributed by atoms with Crippen molar-refractivity contribution in [2.75, 3.05) is 13.1 Å². The van der Waals surface area contributed by atoms with Crippen LogP contribution in [0.2, 0.25) is 0 Å². The van der Waals surface area contributed by atoms with Crippen LogP contribution in [0, 0.1) is 17.3 Å². The third-order valence-corrected chi connectivity index (χ3v) is 4.59. The Morgan fingerprint density at radius 1 is 1.35 bits per heavy atom. The van der Waals surface area contributed by atoms with E-state index in [0.717, 1.165) is 0 Å². The number of carboxylic acid groups (broad SMARTS) is 1. The van der Waals surface area contributed by atoms with Gasteiger partial charge in [0.25, 0.3) is 0 Å². The first kappa shape index (κ1) is 13.1. The Labute approximate surface area is 117 Å². The number of aliphatic carboxylic acids is 1. The van der Waals surface area contributed by atoms with E-state index < -0.39 is 17.4 Å². The first-order valence-corrected chi connectivity index (χ1v) is 6.78. The Bertz CT molecular complexity index is 544. The minimum absolute atomic E-state index is 0.0728. The predicted octanol–water partition coefficient (Wildman–Crippen LogP) is 1.80. The SMILES string of the molecule is C[C@@H]1CC2(C(=O)O)CN(OC(=O)c3ccccc3)CC12. The van der Waals surface area contributed by atoms with Gasteiger partial charge in [0.1, 0.15) is 0 Å². The second-order valence-electron chi connectivity index (χ2n) is 5.82. The molecule has 5 nitrogen and oxygen atoms in total. The number of hydrogen-bond acceptors (Lipinski definition) is 4. The predicted molar refractivity (Wildman–Crippen MR) is 70.8 cm³/mol. The number of carbonyl (C=O) groups is 2. The standard InChI is InChI=1S/C15H17NO4/c1-10-7-15(14(18)19)9-16(8-12(10)15)20-13(17)11-5-3-2-4-6-11/h2-6,10,12H,7-9H2,1H3,(H,18,19)/t10-,12?,15?/m1/s1. The molecule has 0 radical (unpaired) electrons. The van der Waals surface area contributed by atoms with Crippen LogP contribution in [0.4, 0.5) is 0 Å². The van der Waals surface area contributed by atoms with Crippen molar-refractivity contribution in [1.29, 1.82) is 0 Å². The zero-order valence-corrected chi connectivity index (χ0v) is 11.3. The van der Waals surface area contributed by atoms with Crippen molar-refractivity contribution in [3.05, 3.63) is 35.9 Å². The number of rotatable bonds is 3. The van der Waals surface area contributed by atoms with Gasteiger partial charge in [0, 0.05) is 6.54 Å². The Morgan fingerprint density at radius 2 is 2.05 bits per heavy atom. The van der Waals surface area contributed by atoms with Gasteiger partial charge in [-0.25, -0.2) is 4.79 Å². The minimum atomic E-state index is -0.779. The van der Waals surface area contributed by atoms with E-state index in [9.17, 15) is 14.7 Å². The number of hydrogen-bond donors (Lipinski definition) is 1. The maximum atomic E-state index is 12.0. The fraction of sp³-hybridized carbons (Fsp3) is 0.467. The number of fused-ring (bicyclic) bond motifs is 1. The topological polar surface area (TPSA) is 66.8 Å². The summed E-state index contributed by atoms with van der Waals surface area (Å²) in [5.74, 6) is -0.769. The van der Waals surface area contributed by atoms with Crippen LogP contribution in [0.15, 0.2) is 30.3 Å². The van der Waals surface area contributed by atoms with E-state index in [0.29, 0.717) is 24.4 Å². The summed E-state index contributed by atoms with van der Waals surface area (Å²) in [6.45, 7) is 2.84. The van der Waals surface area contributed by atoms with E-state index in [2.05, 4.69) is 0 Å². The third kappa shape index (κ3) is 1.89. The van der Waals surface area contributed by atoms with Crippen LogP contribution >= 0.6 is 0 Å². The van der Waals surface area contributed by atoms with E-state index in [-0.39, 0.29) is 12.5 Å². The molecule has 1 aromatic rings. The third-order valence-electron chi connectivity index (χ3n) is 4.59. The number of benzene rings is 1. The van der Waals surface area contributed by atoms with Crippen molar-refractivity contribution < 1.29 is 19.5 Å². The molecule has 0 bridgehead atoms. The van der Waals surface area contributed by atoms with Crippen molar-refractivity contribution in [1.82, 2.24) is 5.06 Å². The van der Waals surface area contributed by atoms with Crippen LogP contribution in [0.1, 0.15) is 23.7 Å². The molecule has 1 saturated carbocycles. The molecule has 2 aliphatic rings. The van der Waals surface area contributed by atoms with Crippen molar-refractivity contribution in [3.8, 4) is 0 Å². The zero-order valence-electron chi connectivity index (χ0n) is 11.3. The quantitative estimate of drug-likeness (QED) is 0.911. The van der Waals surface area contributed by atoms with Crippen molar-refractivity contribution in [2.24, 2.45) is 17.3 Å². The van der Waals surface area contributed by atoms with Gasteiger partial charge >= 0.3 is 11.9 Å². The van der Waals surface area contributed by atoms with E-state index in [1.54, 1.807) is 24.3 Å². The van der Waals surface area contributed by atoms with Crippen molar-refractivity contribution >= 4 is 11.9 Å². The number of carbonyl (C=O) groups excluding carboxylic acids is 1. The number of nitrogens with zero attached hydrogens (tertiary/aromatic N) is 1. The highest BCUT2D eigenvalue weighted by atomic mass is 16.7. The van der Waals surface area contributed by atoms with Crippen LogP contribution < -0.4 is 0 Å². The molecular formula is C15H17NO4. The Morgan fingerprint density at radius 3 is 2.60 bits per heavy atom. The molecule has 3 rings (SSSR count). The molecule has 5 heteroatoms. The summed E-state index contributed by atoms with van der Waals surface area (Å²) in [6.07, 6.45) is 0.659. The zero-order chi connectivity index (χ0) is 14.3. The lowest BCUT2D eigenvalue weighted by Gasteiger charge is -2.45. The lowest BCUT2D eigenvalue weighted by atomic mass is 9.56. The molecule has 0 spiro atoms. The summed E-state index contributed by atoms with van der Waals surface area (Å²) in [7, 11) is 0. The summed E-state index contributed by atoms with van der Waals surface area (Å²) in [6, 6.07) is 8.73. The molecule has 1 heterocycles. The highest BCUT2D eigenvalue weighted by Crippen LogP contribution is 2.55. The molecule has 0 aromatic heterocycles. The van der Waals surface area contributed by atoms with Crippen molar-refractivity contribution in [3.63, 3.8) is 0 Å². The molecule has 3 atom stereocenters. The molecule has 1 aromatic carbocycles. The Balaban J connectivity index is 1.69. The molecule has 2 fully saturated rings. The van der Waals surface area contributed by atoms with Gasteiger partial charge in [-0.05, 0) is 30.4 Å². The second-order valence-corrected chi connectivity index (χ2v) is 5.82. The van der Waals surface area contributed by atoms with Crippen LogP contribution in [-0.4, -0.2) is 35.2 Å². The van der Waals surface area contributed by atoms with Crippen LogP contribution in [0.3, 0.4) is 0 Å². The molecule has 2 unspecified atom stereocenters. The maximum Gasteiger partial charge on any atom is 0.357 e. The van der Waals surface area contributed by atoms with Crippen LogP contribution in [0.25, 0.3) is 0 Å². The van der Waals surface area contributed by atoms with E-state index in [1.807, 2.05) is 13.0 Å². The van der Waals surface area contributed by atoms with Crippen molar-refractivity contribution in [2.45, 2.75) is 13.3 Å². The lowest BCUT2D eigenvalue weighted by Crippen LogP contribution is -2.51. The molecule has 1 aliphatic heterocycles. The molecule has 0 amide bonds. The lowest BCUT2D eigenvalue weighted by molar-refractivity contribution is -0.163. The first-order chi connectivity index (χ1) is 9.53. The molecule has 106 valence electrons. The summed E-state index contributed by atoms with van der Waals surface area (Å²) in [5, 5.41) is 10.9. The van der Waals surface area contributed by atoms with E-state index >= 15 is 0 Å². The number of carboxylic acids is 1.